The average molecular weight is 979 g/mol. The van der Waals surface area contributed by atoms with Gasteiger partial charge in [0.25, 0.3) is 0 Å². The molecule has 0 amide bonds. The van der Waals surface area contributed by atoms with Crippen LogP contribution in [0.1, 0.15) is 93.4 Å². The minimum atomic E-state index is -5.01. The molecule has 0 radical (unpaired) electrons. The molecule has 21 heteroatoms. The Balaban J connectivity index is 0.965. The van der Waals surface area contributed by atoms with Gasteiger partial charge >= 0.3 is 10.4 Å². The molecule has 24 atom stereocenters. The van der Waals surface area contributed by atoms with Crippen molar-refractivity contribution in [2.45, 2.75) is 191 Å². The third-order valence-electron chi connectivity index (χ3n) is 18.9. The number of aliphatic hydroxyl groups is 8. The van der Waals surface area contributed by atoms with Crippen LogP contribution >= 0.6 is 0 Å². The molecule has 9 aliphatic rings. The third kappa shape index (κ3) is 8.04. The Kier molecular flexibility index (Phi) is 13.4. The van der Waals surface area contributed by atoms with Crippen molar-refractivity contribution in [2.24, 2.45) is 51.2 Å². The van der Waals surface area contributed by atoms with Gasteiger partial charge in [0, 0.05) is 23.7 Å². The zero-order valence-electron chi connectivity index (χ0n) is 39.5. The van der Waals surface area contributed by atoms with Gasteiger partial charge in [-0.05, 0) is 93.3 Å². The number of allylic oxidation sites excluding steroid dienone is 1. The largest absolute Gasteiger partial charge is 0.397 e. The Bertz CT molecular complexity index is 1970. The first-order chi connectivity index (χ1) is 31.2. The summed E-state index contributed by atoms with van der Waals surface area (Å²) < 4.78 is 86.6. The van der Waals surface area contributed by atoms with Crippen LogP contribution < -0.4 is 0 Å². The van der Waals surface area contributed by atoms with Crippen molar-refractivity contribution in [2.75, 3.05) is 33.0 Å². The molecule has 67 heavy (non-hydrogen) atoms. The topological polar surface area (TPSA) is 299 Å². The first kappa shape index (κ1) is 50.9. The van der Waals surface area contributed by atoms with E-state index in [0.717, 1.165) is 44.1 Å². The van der Waals surface area contributed by atoms with E-state index in [2.05, 4.69) is 51.8 Å². The first-order valence-electron chi connectivity index (χ1n) is 24.1. The van der Waals surface area contributed by atoms with Gasteiger partial charge < -0.3 is 78.7 Å². The van der Waals surface area contributed by atoms with Gasteiger partial charge in [0.2, 0.25) is 0 Å². The lowest BCUT2D eigenvalue weighted by Crippen LogP contribution is -2.68. The van der Waals surface area contributed by atoms with Crippen molar-refractivity contribution in [1.82, 2.24) is 0 Å². The molecule has 0 unspecified atom stereocenters. The van der Waals surface area contributed by atoms with Gasteiger partial charge in [-0.15, -0.1) is 0 Å². The standard InChI is InChI=1S/C46H74O20S/c1-21(2)14-22-16-59-46-19-45(20-60-46)23(37(46)44(22,7)54)8-9-28-42(5)12-11-29(41(3,4)27(42)10-13-43(28,45)6)64-40-36(66-38-33(52)30(49)25(15-47)62-38)35(24(48)17-58-40)65-39-34(53)32(51)31(50)26(63-39)18-61-67(55,56)57/h14,22-40,47-54H,8-13,15-20H2,1-7H3,(H,55,56,57)/t22-,23-,24+,25+,26-,27-,28-,29+,30+,31-,32+,33-,34-,35+,36-,37+,38+,39+,40+,42-,43-,44+,45+,46-/m0/s1. The number of aliphatic hydroxyl groups excluding tert-OH is 7. The van der Waals surface area contributed by atoms with E-state index in [4.69, 9.17) is 42.4 Å². The number of ether oxygens (including phenoxy) is 8. The summed E-state index contributed by atoms with van der Waals surface area (Å²) in [5.74, 6) is -0.349. The molecule has 5 aliphatic heterocycles. The second-order valence-electron chi connectivity index (χ2n) is 22.9. The van der Waals surface area contributed by atoms with Gasteiger partial charge in [0.1, 0.15) is 61.0 Å². The Morgan fingerprint density at radius 1 is 0.746 bits per heavy atom. The van der Waals surface area contributed by atoms with E-state index in [9.17, 15) is 49.3 Å². The van der Waals surface area contributed by atoms with Crippen molar-refractivity contribution in [3.8, 4) is 0 Å². The summed E-state index contributed by atoms with van der Waals surface area (Å²) in [4.78, 5) is 0. The Hall–Kier alpha value is -1.03. The van der Waals surface area contributed by atoms with E-state index in [0.29, 0.717) is 25.6 Å². The highest BCUT2D eigenvalue weighted by molar-refractivity contribution is 7.80. The molecule has 2 bridgehead atoms. The van der Waals surface area contributed by atoms with Gasteiger partial charge in [0.15, 0.2) is 24.7 Å². The number of fused-ring (bicyclic) bond motifs is 4. The van der Waals surface area contributed by atoms with E-state index >= 15 is 0 Å². The van der Waals surface area contributed by atoms with E-state index < -0.39 is 126 Å². The number of hydrogen-bond acceptors (Lipinski definition) is 19. The molecule has 0 aromatic carbocycles. The minimum absolute atomic E-state index is 0.102. The number of rotatable bonds is 11. The lowest BCUT2D eigenvalue weighted by molar-refractivity contribution is -0.375. The van der Waals surface area contributed by atoms with Crippen molar-refractivity contribution in [3.63, 3.8) is 0 Å². The lowest BCUT2D eigenvalue weighted by atomic mass is 9.35. The van der Waals surface area contributed by atoms with Crippen LogP contribution in [-0.4, -0.2) is 184 Å². The molecule has 9 fully saturated rings. The summed E-state index contributed by atoms with van der Waals surface area (Å²) in [5, 5.41) is 87.7. The molecule has 9 rings (SSSR count). The van der Waals surface area contributed by atoms with Gasteiger partial charge in [-0.1, -0.05) is 39.3 Å². The van der Waals surface area contributed by atoms with Gasteiger partial charge in [0.05, 0.1) is 44.7 Å². The highest BCUT2D eigenvalue weighted by Crippen LogP contribution is 2.80. The maximum atomic E-state index is 12.4. The van der Waals surface area contributed by atoms with Crippen molar-refractivity contribution < 1.29 is 95.9 Å². The molecule has 0 aromatic rings. The summed E-state index contributed by atoms with van der Waals surface area (Å²) in [6.07, 6.45) is -13.6. The van der Waals surface area contributed by atoms with Crippen LogP contribution in [0.25, 0.3) is 0 Å². The van der Waals surface area contributed by atoms with Crippen LogP contribution in [-0.2, 0) is 52.5 Å². The average Bonchev–Trinajstić information content (AvgIpc) is 3.88. The van der Waals surface area contributed by atoms with Crippen molar-refractivity contribution >= 4 is 10.4 Å². The molecule has 5 saturated heterocycles. The smallest absolute Gasteiger partial charge is 0.394 e. The monoisotopic (exact) mass is 978 g/mol. The fourth-order valence-electron chi connectivity index (χ4n) is 15.7. The minimum Gasteiger partial charge on any atom is -0.394 e. The maximum absolute atomic E-state index is 12.4. The van der Waals surface area contributed by atoms with E-state index in [1.165, 1.54) is 0 Å². The summed E-state index contributed by atoms with van der Waals surface area (Å²) in [5.41, 5.74) is -0.718. The molecule has 2 spiro atoms. The normalized spacial score (nSPS) is 54.7. The SMILES string of the molecule is CC(C)=C[C@H]1CO[C@@]23C[C@@]4(CO2)[C@@H](CC[C@H]2[C@@]5(C)CC[C@@H](O[C@H]6OC[C@@H](O)[C@@H](O[C@H]7O[C@@H](COS(=O)(=O)O)[C@H](O)[C@@H](O)[C@@H]7O)[C@@H]6O[C@H]6O[C@H](CO)[C@@H](O)[C@@H]6O)C(C)(C)[C@@H]5CC[C@@]24C)[C@@H]3[C@]1(C)O. The van der Waals surface area contributed by atoms with E-state index in [1.54, 1.807) is 0 Å². The molecule has 0 aromatic heterocycles. The van der Waals surface area contributed by atoms with Crippen LogP contribution in [0.5, 0.6) is 0 Å². The van der Waals surface area contributed by atoms with Gasteiger partial charge in [-0.3, -0.25) is 4.55 Å². The van der Waals surface area contributed by atoms with Crippen LogP contribution in [0.15, 0.2) is 11.6 Å². The highest BCUT2D eigenvalue weighted by atomic mass is 32.3. The van der Waals surface area contributed by atoms with Crippen LogP contribution in [0.4, 0.5) is 0 Å². The molecule has 5 heterocycles. The molecular weight excluding hydrogens is 905 g/mol. The molecule has 4 saturated carbocycles. The third-order valence-corrected chi connectivity index (χ3v) is 19.3. The Morgan fingerprint density at radius 3 is 2.06 bits per heavy atom. The van der Waals surface area contributed by atoms with Crippen molar-refractivity contribution in [1.29, 1.82) is 0 Å². The zero-order valence-corrected chi connectivity index (χ0v) is 40.3. The van der Waals surface area contributed by atoms with Gasteiger partial charge in [-0.25, -0.2) is 4.18 Å². The molecular formula is C46H74O20S. The Morgan fingerprint density at radius 2 is 1.40 bits per heavy atom. The Labute approximate surface area is 392 Å². The van der Waals surface area contributed by atoms with Crippen molar-refractivity contribution in [3.05, 3.63) is 11.6 Å². The van der Waals surface area contributed by atoms with Crippen LogP contribution in [0.2, 0.25) is 0 Å². The fourth-order valence-corrected chi connectivity index (χ4v) is 16.0. The molecule has 20 nitrogen and oxygen atoms in total. The second-order valence-corrected chi connectivity index (χ2v) is 24.0. The van der Waals surface area contributed by atoms with E-state index in [-0.39, 0.29) is 46.5 Å². The molecule has 384 valence electrons. The number of hydrogen-bond donors (Lipinski definition) is 9. The molecule has 4 aliphatic carbocycles. The predicted molar refractivity (Wildman–Crippen MR) is 229 cm³/mol. The quantitative estimate of drug-likeness (QED) is 0.0764. The zero-order chi connectivity index (χ0) is 48.6. The maximum Gasteiger partial charge on any atom is 0.397 e. The fraction of sp³-hybridized carbons (Fsp3) is 0.957. The molecule has 9 N–H and O–H groups in total. The van der Waals surface area contributed by atoms with Gasteiger partial charge in [-0.2, -0.15) is 8.42 Å². The summed E-state index contributed by atoms with van der Waals surface area (Å²) in [6.45, 7) is 14.4. The first-order valence-corrected chi connectivity index (χ1v) is 25.5. The van der Waals surface area contributed by atoms with E-state index in [1.807, 2.05) is 6.92 Å². The highest BCUT2D eigenvalue weighted by Gasteiger charge is 2.81. The second kappa shape index (κ2) is 17.6. The predicted octanol–water partition coefficient (Wildman–Crippen LogP) is 0.290. The lowest BCUT2D eigenvalue weighted by Gasteiger charge is -2.70. The summed E-state index contributed by atoms with van der Waals surface area (Å²) in [7, 11) is -5.01. The summed E-state index contributed by atoms with van der Waals surface area (Å²) >= 11 is 0. The van der Waals surface area contributed by atoms with Crippen LogP contribution in [0, 0.1) is 51.2 Å². The van der Waals surface area contributed by atoms with Crippen LogP contribution in [0.3, 0.4) is 0 Å². The summed E-state index contributed by atoms with van der Waals surface area (Å²) in [6, 6.07) is 0.